The molecule has 0 saturated carbocycles. The quantitative estimate of drug-likeness (QED) is 0.907. The third kappa shape index (κ3) is 2.52. The van der Waals surface area contributed by atoms with E-state index >= 15 is 0 Å². The van der Waals surface area contributed by atoms with Crippen molar-refractivity contribution in [3.05, 3.63) is 34.9 Å². The number of hydrogen-bond acceptors (Lipinski definition) is 2. The molecule has 1 aromatic carbocycles. The first-order valence-electron chi connectivity index (χ1n) is 6.66. The summed E-state index contributed by atoms with van der Waals surface area (Å²) in [5.41, 5.74) is 2.79. The maximum absolute atomic E-state index is 11.4. The maximum atomic E-state index is 11.4. The van der Waals surface area contributed by atoms with Crippen molar-refractivity contribution in [2.24, 2.45) is 5.41 Å². The highest BCUT2D eigenvalue weighted by atomic mass is 16.5. The van der Waals surface area contributed by atoms with Crippen molar-refractivity contribution in [1.29, 1.82) is 0 Å². The Morgan fingerprint density at radius 1 is 1.37 bits per heavy atom. The van der Waals surface area contributed by atoms with Gasteiger partial charge in [-0.15, -0.1) is 0 Å². The molecule has 0 radical (unpaired) electrons. The molecule has 1 N–H and O–H groups in total. The predicted octanol–water partition coefficient (Wildman–Crippen LogP) is 3.07. The summed E-state index contributed by atoms with van der Waals surface area (Å²) in [5, 5.41) is 9.35. The third-order valence-electron chi connectivity index (χ3n) is 4.08. The van der Waals surface area contributed by atoms with Gasteiger partial charge in [0.1, 0.15) is 0 Å². The summed E-state index contributed by atoms with van der Waals surface area (Å²) in [4.78, 5) is 11.4. The van der Waals surface area contributed by atoms with Gasteiger partial charge in [-0.1, -0.05) is 23.8 Å². The molecular formula is C16H22O3. The van der Waals surface area contributed by atoms with Gasteiger partial charge in [0.2, 0.25) is 0 Å². The van der Waals surface area contributed by atoms with Gasteiger partial charge in [-0.05, 0) is 45.2 Å². The first-order valence-corrected chi connectivity index (χ1v) is 6.66. The Bertz CT molecular complexity index is 499. The van der Waals surface area contributed by atoms with Crippen LogP contribution in [-0.4, -0.2) is 24.3 Å². The zero-order chi connectivity index (χ0) is 14.3. The summed E-state index contributed by atoms with van der Waals surface area (Å²) < 4.78 is 5.42. The highest BCUT2D eigenvalue weighted by Gasteiger charge is 2.47. The minimum atomic E-state index is -0.746. The lowest BCUT2D eigenvalue weighted by atomic mass is 9.66. The van der Waals surface area contributed by atoms with Crippen LogP contribution < -0.4 is 0 Å². The Hall–Kier alpha value is -1.35. The van der Waals surface area contributed by atoms with Gasteiger partial charge in [0, 0.05) is 5.41 Å². The van der Waals surface area contributed by atoms with Crippen molar-refractivity contribution in [3.8, 4) is 0 Å². The van der Waals surface area contributed by atoms with Crippen molar-refractivity contribution in [2.45, 2.75) is 39.5 Å². The summed E-state index contributed by atoms with van der Waals surface area (Å²) in [6.07, 6.45) is 0.611. The molecule has 1 aliphatic heterocycles. The fourth-order valence-corrected chi connectivity index (χ4v) is 2.93. The van der Waals surface area contributed by atoms with Gasteiger partial charge < -0.3 is 9.84 Å². The molecule has 3 heteroatoms. The second-order valence-corrected chi connectivity index (χ2v) is 6.46. The largest absolute Gasteiger partial charge is 0.481 e. The van der Waals surface area contributed by atoms with E-state index in [1.54, 1.807) is 13.8 Å². The lowest BCUT2D eigenvalue weighted by Gasteiger charge is -2.46. The van der Waals surface area contributed by atoms with Crippen LogP contribution in [-0.2, 0) is 14.9 Å². The van der Waals surface area contributed by atoms with Crippen molar-refractivity contribution in [3.63, 3.8) is 0 Å². The van der Waals surface area contributed by atoms with Crippen LogP contribution in [0.4, 0.5) is 0 Å². The Balaban J connectivity index is 2.38. The number of aliphatic carboxylic acids is 1. The highest BCUT2D eigenvalue weighted by Crippen LogP contribution is 2.43. The molecule has 0 atom stereocenters. The molecule has 0 aromatic heterocycles. The molecule has 3 nitrogen and oxygen atoms in total. The molecule has 0 aliphatic carbocycles. The van der Waals surface area contributed by atoms with Crippen LogP contribution in [0.2, 0.25) is 0 Å². The van der Waals surface area contributed by atoms with Crippen molar-refractivity contribution < 1.29 is 14.6 Å². The fraction of sp³-hybridized carbons (Fsp3) is 0.562. The van der Waals surface area contributed by atoms with Crippen molar-refractivity contribution >= 4 is 5.97 Å². The van der Waals surface area contributed by atoms with Crippen LogP contribution in [0.1, 0.15) is 37.0 Å². The molecule has 19 heavy (non-hydrogen) atoms. The van der Waals surface area contributed by atoms with Gasteiger partial charge in [0.25, 0.3) is 0 Å². The van der Waals surface area contributed by atoms with E-state index in [1.807, 2.05) is 0 Å². The monoisotopic (exact) mass is 262 g/mol. The van der Waals surface area contributed by atoms with Crippen molar-refractivity contribution in [1.82, 2.24) is 0 Å². The molecule has 1 heterocycles. The molecule has 1 aliphatic rings. The Labute approximate surface area is 114 Å². The van der Waals surface area contributed by atoms with E-state index in [4.69, 9.17) is 4.74 Å². The normalized spacial score (nSPS) is 17.9. The molecule has 0 amide bonds. The molecule has 2 rings (SSSR count). The fourth-order valence-electron chi connectivity index (χ4n) is 2.93. The Morgan fingerprint density at radius 2 is 2.00 bits per heavy atom. The van der Waals surface area contributed by atoms with Gasteiger partial charge in [-0.25, -0.2) is 0 Å². The summed E-state index contributed by atoms with van der Waals surface area (Å²) in [6.45, 7) is 8.98. The first-order chi connectivity index (χ1) is 8.77. The standard InChI is InChI=1S/C16H22O3/c1-11-5-6-12(2)13(7-11)16(9-19-10-16)8-15(3,4)14(17)18/h5-7H,8-10H2,1-4H3,(H,17,18). The van der Waals surface area contributed by atoms with Crippen LogP contribution in [0.15, 0.2) is 18.2 Å². The summed E-state index contributed by atoms with van der Waals surface area (Å²) >= 11 is 0. The number of aryl methyl sites for hydroxylation is 2. The first kappa shape index (κ1) is 14.1. The molecule has 0 spiro atoms. The maximum Gasteiger partial charge on any atom is 0.309 e. The average molecular weight is 262 g/mol. The van der Waals surface area contributed by atoms with Crippen LogP contribution in [0.3, 0.4) is 0 Å². The Kier molecular flexibility index (Phi) is 3.43. The highest BCUT2D eigenvalue weighted by molar-refractivity contribution is 5.74. The zero-order valence-corrected chi connectivity index (χ0v) is 12.1. The topological polar surface area (TPSA) is 46.5 Å². The van der Waals surface area contributed by atoms with E-state index in [0.717, 1.165) is 0 Å². The molecule has 0 unspecified atom stereocenters. The van der Waals surface area contributed by atoms with Gasteiger partial charge in [0.15, 0.2) is 0 Å². The second-order valence-electron chi connectivity index (χ2n) is 6.46. The summed E-state index contributed by atoms with van der Waals surface area (Å²) in [6, 6.07) is 6.38. The predicted molar refractivity (Wildman–Crippen MR) is 74.4 cm³/mol. The van der Waals surface area contributed by atoms with Crippen LogP contribution in [0, 0.1) is 19.3 Å². The molecule has 0 bridgehead atoms. The summed E-state index contributed by atoms with van der Waals surface area (Å²) in [7, 11) is 0. The number of carbonyl (C=O) groups is 1. The third-order valence-corrected chi connectivity index (χ3v) is 4.08. The molecule has 1 aromatic rings. The van der Waals surface area contributed by atoms with Gasteiger partial charge >= 0.3 is 5.97 Å². The molecular weight excluding hydrogens is 240 g/mol. The number of carboxylic acid groups (broad SMARTS) is 1. The number of hydrogen-bond donors (Lipinski definition) is 1. The van der Waals surface area contributed by atoms with Gasteiger partial charge in [0.05, 0.1) is 18.6 Å². The van der Waals surface area contributed by atoms with E-state index in [0.29, 0.717) is 19.6 Å². The van der Waals surface area contributed by atoms with Crippen LogP contribution in [0.25, 0.3) is 0 Å². The summed E-state index contributed by atoms with van der Waals surface area (Å²) in [5.74, 6) is -0.746. The number of ether oxygens (including phenoxy) is 1. The van der Waals surface area contributed by atoms with E-state index in [-0.39, 0.29) is 5.41 Å². The number of benzene rings is 1. The molecule has 1 saturated heterocycles. The smallest absolute Gasteiger partial charge is 0.309 e. The number of rotatable bonds is 4. The minimum absolute atomic E-state index is 0.141. The van der Waals surface area contributed by atoms with E-state index in [9.17, 15) is 9.90 Å². The van der Waals surface area contributed by atoms with Crippen LogP contribution >= 0.6 is 0 Å². The van der Waals surface area contributed by atoms with E-state index in [2.05, 4.69) is 32.0 Å². The SMILES string of the molecule is Cc1ccc(C)c(C2(CC(C)(C)C(=O)O)COC2)c1. The zero-order valence-electron chi connectivity index (χ0n) is 12.1. The number of carboxylic acids is 1. The lowest BCUT2D eigenvalue weighted by Crippen LogP contribution is -2.51. The minimum Gasteiger partial charge on any atom is -0.481 e. The average Bonchev–Trinajstić information content (AvgIpc) is 2.27. The van der Waals surface area contributed by atoms with Gasteiger partial charge in [-0.3, -0.25) is 4.79 Å². The molecule has 104 valence electrons. The van der Waals surface area contributed by atoms with Gasteiger partial charge in [-0.2, -0.15) is 0 Å². The van der Waals surface area contributed by atoms with E-state index < -0.39 is 11.4 Å². The van der Waals surface area contributed by atoms with E-state index in [1.165, 1.54) is 16.7 Å². The molecule has 1 fully saturated rings. The second kappa shape index (κ2) is 4.64. The van der Waals surface area contributed by atoms with Crippen LogP contribution in [0.5, 0.6) is 0 Å². The Morgan fingerprint density at radius 3 is 2.47 bits per heavy atom. The lowest BCUT2D eigenvalue weighted by molar-refractivity contribution is -0.152. The van der Waals surface area contributed by atoms with Crippen molar-refractivity contribution in [2.75, 3.05) is 13.2 Å².